The first-order chi connectivity index (χ1) is 27.9. The van der Waals surface area contributed by atoms with Crippen molar-refractivity contribution in [3.8, 4) is 11.5 Å². The number of aromatic nitrogens is 4. The van der Waals surface area contributed by atoms with Crippen LogP contribution in [0.15, 0.2) is 110 Å². The highest BCUT2D eigenvalue weighted by atomic mass is 32.2. The molecule has 0 aliphatic carbocycles. The minimum atomic E-state index is -1.28. The standard InChI is InChI=1S/C42H46N4O11S/c1-24-19-34(45-21-25(2)37(48)43-40(45)50)55-36(24)33(23-54-58-39-32(47)20-35(56-39)46-22-26(3)38(49)44-41(46)51)57-42(27-9-7-6-8-10-27,28-11-15-30(52-4)16-12-28)29-13-17-31(53-5)18-14-29/h6-18,21-22,24,32-36,39,47H,19-20,23H2,1-5H3,(H,43,48,50)(H,44,49,51)/t24-,32?,33?,34+,35?,36-,39?/m0/s1. The monoisotopic (exact) mass is 814 g/mol. The molecule has 2 aliphatic rings. The van der Waals surface area contributed by atoms with Gasteiger partial charge < -0.3 is 33.0 Å². The number of hydrogen-bond donors (Lipinski definition) is 3. The van der Waals surface area contributed by atoms with Crippen LogP contribution in [-0.4, -0.2) is 68.8 Å². The zero-order valence-corrected chi connectivity index (χ0v) is 33.5. The van der Waals surface area contributed by atoms with Gasteiger partial charge in [0.15, 0.2) is 5.44 Å². The summed E-state index contributed by atoms with van der Waals surface area (Å²) in [5, 5.41) is 11.1. The molecule has 2 aliphatic heterocycles. The third-order valence-electron chi connectivity index (χ3n) is 10.7. The molecule has 4 unspecified atom stereocenters. The van der Waals surface area contributed by atoms with Crippen molar-refractivity contribution < 1.29 is 33.0 Å². The Balaban J connectivity index is 1.27. The fourth-order valence-corrected chi connectivity index (χ4v) is 8.33. The van der Waals surface area contributed by atoms with E-state index in [1.165, 1.54) is 21.5 Å². The average Bonchev–Trinajstić information content (AvgIpc) is 3.80. The van der Waals surface area contributed by atoms with Crippen LogP contribution in [0.3, 0.4) is 0 Å². The number of nitrogens with zero attached hydrogens (tertiary/aromatic N) is 2. The predicted octanol–water partition coefficient (Wildman–Crippen LogP) is 4.29. The van der Waals surface area contributed by atoms with Crippen molar-refractivity contribution >= 4 is 12.0 Å². The normalized spacial score (nSPS) is 22.5. The number of methoxy groups -OCH3 is 2. The topological polar surface area (TPSA) is 185 Å². The molecule has 15 nitrogen and oxygen atoms in total. The highest BCUT2D eigenvalue weighted by molar-refractivity contribution is 7.95. The number of aliphatic hydroxyl groups is 1. The van der Waals surface area contributed by atoms with Gasteiger partial charge in [-0.25, -0.2) is 9.59 Å². The minimum absolute atomic E-state index is 0.0796. The molecule has 0 spiro atoms. The second-order valence-corrected chi connectivity index (χ2v) is 15.4. The van der Waals surface area contributed by atoms with E-state index < -0.39 is 64.3 Å². The summed E-state index contributed by atoms with van der Waals surface area (Å²) in [6.07, 6.45) is -0.683. The van der Waals surface area contributed by atoms with Gasteiger partial charge in [-0.2, -0.15) is 0 Å². The van der Waals surface area contributed by atoms with Gasteiger partial charge in [0.2, 0.25) is 0 Å². The van der Waals surface area contributed by atoms with Gasteiger partial charge in [-0.1, -0.05) is 61.5 Å². The van der Waals surface area contributed by atoms with Crippen LogP contribution in [0, 0.1) is 19.8 Å². The van der Waals surface area contributed by atoms with Gasteiger partial charge in [0.05, 0.1) is 33.0 Å². The lowest BCUT2D eigenvalue weighted by Gasteiger charge is -2.41. The van der Waals surface area contributed by atoms with Crippen LogP contribution in [0.4, 0.5) is 0 Å². The first-order valence-corrected chi connectivity index (χ1v) is 19.7. The van der Waals surface area contributed by atoms with E-state index in [2.05, 4.69) is 9.97 Å². The molecule has 2 aromatic heterocycles. The van der Waals surface area contributed by atoms with Crippen LogP contribution in [0.25, 0.3) is 0 Å². The molecule has 0 radical (unpaired) electrons. The molecule has 5 aromatic rings. The fraction of sp³-hybridized carbons (Fsp3) is 0.381. The van der Waals surface area contributed by atoms with E-state index in [1.807, 2.05) is 85.8 Å². The Morgan fingerprint density at radius 3 is 1.78 bits per heavy atom. The molecular formula is C42H46N4O11S. The fourth-order valence-electron chi connectivity index (χ4n) is 7.57. The summed E-state index contributed by atoms with van der Waals surface area (Å²) >= 11 is 0.896. The number of ether oxygens (including phenoxy) is 5. The van der Waals surface area contributed by atoms with Gasteiger partial charge in [-0.3, -0.25) is 28.7 Å². The predicted molar refractivity (Wildman–Crippen MR) is 215 cm³/mol. The molecule has 4 heterocycles. The largest absolute Gasteiger partial charge is 0.497 e. The number of hydrogen-bond acceptors (Lipinski definition) is 12. The number of rotatable bonds is 14. The average molecular weight is 815 g/mol. The number of H-pyrrole nitrogens is 2. The Morgan fingerprint density at radius 1 is 0.759 bits per heavy atom. The Labute approximate surface area is 337 Å². The number of aryl methyl sites for hydroxylation is 2. The lowest BCUT2D eigenvalue weighted by Crippen LogP contribution is -2.45. The minimum Gasteiger partial charge on any atom is -0.497 e. The summed E-state index contributed by atoms with van der Waals surface area (Å²) in [5.41, 5.74) is -1.35. The van der Waals surface area contributed by atoms with Crippen LogP contribution in [0.5, 0.6) is 11.5 Å². The van der Waals surface area contributed by atoms with E-state index in [4.69, 9.17) is 27.9 Å². The van der Waals surface area contributed by atoms with E-state index in [0.717, 1.165) is 28.7 Å². The SMILES string of the molecule is COc1ccc(C(OC(COSC2OC(n3cc(C)c(=O)[nH]c3=O)CC2O)[C@H]2O[C@@H](n3cc(C)c(=O)[nH]c3=O)C[C@@H]2C)(c2ccccc2)c2ccc(OC)cc2)cc1. The smallest absolute Gasteiger partial charge is 0.330 e. The third-order valence-corrected chi connectivity index (χ3v) is 11.6. The molecule has 2 saturated heterocycles. The van der Waals surface area contributed by atoms with Crippen molar-refractivity contribution in [2.24, 2.45) is 5.92 Å². The van der Waals surface area contributed by atoms with Crippen molar-refractivity contribution in [1.82, 2.24) is 19.1 Å². The van der Waals surface area contributed by atoms with E-state index in [-0.39, 0.29) is 18.9 Å². The maximum absolute atomic E-state index is 13.1. The first-order valence-electron chi connectivity index (χ1n) is 18.9. The molecule has 7 rings (SSSR count). The number of benzene rings is 3. The second-order valence-electron chi connectivity index (χ2n) is 14.5. The summed E-state index contributed by atoms with van der Waals surface area (Å²) < 4.78 is 40.3. The summed E-state index contributed by atoms with van der Waals surface area (Å²) in [4.78, 5) is 54.6. The summed E-state index contributed by atoms with van der Waals surface area (Å²) in [6.45, 7) is 5.12. The van der Waals surface area contributed by atoms with E-state index in [1.54, 1.807) is 28.1 Å². The molecule has 0 saturated carbocycles. The molecule has 3 N–H and O–H groups in total. The Morgan fingerprint density at radius 2 is 1.26 bits per heavy atom. The van der Waals surface area contributed by atoms with Crippen molar-refractivity contribution in [2.45, 2.75) is 75.4 Å². The zero-order chi connectivity index (χ0) is 41.1. The van der Waals surface area contributed by atoms with Crippen LogP contribution in [0.2, 0.25) is 0 Å². The van der Waals surface area contributed by atoms with E-state index in [0.29, 0.717) is 29.0 Å². The van der Waals surface area contributed by atoms with Gasteiger partial charge in [-0.15, -0.1) is 0 Å². The van der Waals surface area contributed by atoms with Crippen LogP contribution in [-0.2, 0) is 24.0 Å². The molecule has 0 amide bonds. The highest BCUT2D eigenvalue weighted by Gasteiger charge is 2.47. The summed E-state index contributed by atoms with van der Waals surface area (Å²) in [7, 11) is 3.20. The van der Waals surface area contributed by atoms with Crippen LogP contribution >= 0.6 is 12.0 Å². The highest BCUT2D eigenvalue weighted by Crippen LogP contribution is 2.46. The molecule has 0 bridgehead atoms. The molecule has 16 heteroatoms. The van der Waals surface area contributed by atoms with Crippen molar-refractivity contribution in [3.63, 3.8) is 0 Å². The van der Waals surface area contributed by atoms with Gasteiger partial charge in [0.1, 0.15) is 35.7 Å². The van der Waals surface area contributed by atoms with Crippen molar-refractivity contribution in [3.05, 3.63) is 161 Å². The Kier molecular flexibility index (Phi) is 12.2. The van der Waals surface area contributed by atoms with Gasteiger partial charge in [-0.05, 0) is 67.1 Å². The molecule has 306 valence electrons. The molecule has 58 heavy (non-hydrogen) atoms. The van der Waals surface area contributed by atoms with E-state index in [9.17, 15) is 24.3 Å². The zero-order valence-electron chi connectivity index (χ0n) is 32.7. The summed E-state index contributed by atoms with van der Waals surface area (Å²) in [5.74, 6) is 1.12. The lowest BCUT2D eigenvalue weighted by atomic mass is 9.79. The van der Waals surface area contributed by atoms with Crippen molar-refractivity contribution in [2.75, 3.05) is 20.8 Å². The molecular weight excluding hydrogens is 769 g/mol. The lowest BCUT2D eigenvalue weighted by molar-refractivity contribution is -0.145. The molecule has 3 aromatic carbocycles. The molecule has 2 fully saturated rings. The number of nitrogens with one attached hydrogen (secondary N) is 2. The van der Waals surface area contributed by atoms with Gasteiger partial charge in [0.25, 0.3) is 11.1 Å². The quantitative estimate of drug-likeness (QED) is 0.107. The maximum atomic E-state index is 13.1. The van der Waals surface area contributed by atoms with Gasteiger partial charge >= 0.3 is 11.4 Å². The Bertz CT molecular complexity index is 2380. The van der Waals surface area contributed by atoms with E-state index >= 15 is 0 Å². The molecule has 7 atom stereocenters. The van der Waals surface area contributed by atoms with Crippen LogP contribution in [0.1, 0.15) is 60.0 Å². The van der Waals surface area contributed by atoms with Gasteiger partial charge in [0, 0.05) is 42.0 Å². The first kappa shape index (κ1) is 40.9. The van der Waals surface area contributed by atoms with Crippen LogP contribution < -0.4 is 32.0 Å². The Hall–Kier alpha value is -5.23. The van der Waals surface area contributed by atoms with Crippen molar-refractivity contribution in [1.29, 1.82) is 0 Å². The second kappa shape index (κ2) is 17.3. The third kappa shape index (κ3) is 8.21. The summed E-state index contributed by atoms with van der Waals surface area (Å²) in [6, 6.07) is 25.0. The maximum Gasteiger partial charge on any atom is 0.330 e. The number of aromatic amines is 2. The number of aliphatic hydroxyl groups excluding tert-OH is 1.